The third-order valence-electron chi connectivity index (χ3n) is 5.03. The first-order valence-corrected chi connectivity index (χ1v) is 8.59. The van der Waals surface area contributed by atoms with Crippen LogP contribution in [0.1, 0.15) is 38.8 Å². The molecule has 2 aromatic rings. The van der Waals surface area contributed by atoms with Crippen molar-refractivity contribution in [2.45, 2.75) is 38.9 Å². The minimum absolute atomic E-state index is 0.383. The summed E-state index contributed by atoms with van der Waals surface area (Å²) in [6.45, 7) is 8.27. The molecule has 0 N–H and O–H groups in total. The summed E-state index contributed by atoms with van der Waals surface area (Å²) >= 11 is 0. The highest BCUT2D eigenvalue weighted by atomic mass is 16.7. The Bertz CT molecular complexity index is 750. The Morgan fingerprint density at radius 2 is 1.56 bits per heavy atom. The molecule has 4 heteroatoms. The van der Waals surface area contributed by atoms with E-state index in [9.17, 15) is 0 Å². The normalized spacial score (nSPS) is 19.1. The second-order valence-corrected chi connectivity index (χ2v) is 7.33. The molecule has 0 unspecified atom stereocenters. The number of ether oxygens (including phenoxy) is 1. The topological polar surface area (TPSA) is 27.7 Å². The van der Waals surface area contributed by atoms with E-state index >= 15 is 0 Å². The van der Waals surface area contributed by atoms with Gasteiger partial charge in [0.1, 0.15) is 5.75 Å². The van der Waals surface area contributed by atoms with Crippen molar-refractivity contribution in [3.8, 4) is 5.75 Å². The van der Waals surface area contributed by atoms with E-state index in [4.69, 9.17) is 14.0 Å². The van der Waals surface area contributed by atoms with Crippen LogP contribution < -0.4 is 4.74 Å². The first kappa shape index (κ1) is 17.8. The minimum Gasteiger partial charge on any atom is -0.497 e. The lowest BCUT2D eigenvalue weighted by molar-refractivity contribution is 0.00578. The number of rotatable bonds is 4. The maximum absolute atomic E-state index is 6.30. The van der Waals surface area contributed by atoms with Crippen LogP contribution in [0.3, 0.4) is 0 Å². The third-order valence-corrected chi connectivity index (χ3v) is 5.03. The fourth-order valence-corrected chi connectivity index (χ4v) is 2.79. The fraction of sp³-hybridized carbons (Fsp3) is 0.333. The van der Waals surface area contributed by atoms with Crippen molar-refractivity contribution in [2.75, 3.05) is 7.11 Å². The number of hydrogen-bond donors (Lipinski definition) is 0. The molecular weight excluding hydrogens is 311 g/mol. The first-order valence-electron chi connectivity index (χ1n) is 8.59. The van der Waals surface area contributed by atoms with Crippen LogP contribution in [0.5, 0.6) is 5.75 Å². The van der Waals surface area contributed by atoms with Crippen molar-refractivity contribution < 1.29 is 14.0 Å². The van der Waals surface area contributed by atoms with Crippen molar-refractivity contribution in [3.05, 3.63) is 65.7 Å². The Morgan fingerprint density at radius 3 is 2.16 bits per heavy atom. The second kappa shape index (κ2) is 6.70. The zero-order valence-corrected chi connectivity index (χ0v) is 15.6. The minimum atomic E-state index is -0.433. The van der Waals surface area contributed by atoms with E-state index in [2.05, 4.69) is 52.0 Å². The van der Waals surface area contributed by atoms with Crippen molar-refractivity contribution in [1.29, 1.82) is 0 Å². The average molecular weight is 336 g/mol. The van der Waals surface area contributed by atoms with E-state index < -0.39 is 7.12 Å². The summed E-state index contributed by atoms with van der Waals surface area (Å²) < 4.78 is 18.0. The SMILES string of the molecule is COc1cccc(/C(=C/c2ccccc2)B2OC(C)(C)C(C)(C)O2)c1. The lowest BCUT2D eigenvalue weighted by Gasteiger charge is -2.32. The zero-order valence-electron chi connectivity index (χ0n) is 15.6. The lowest BCUT2D eigenvalue weighted by Crippen LogP contribution is -2.41. The van der Waals surface area contributed by atoms with Gasteiger partial charge in [0.25, 0.3) is 0 Å². The van der Waals surface area contributed by atoms with Crippen molar-refractivity contribution in [2.24, 2.45) is 0 Å². The van der Waals surface area contributed by atoms with E-state index in [0.29, 0.717) is 0 Å². The molecule has 1 heterocycles. The molecule has 2 aromatic carbocycles. The molecule has 1 saturated heterocycles. The predicted octanol–water partition coefficient (Wildman–Crippen LogP) is 4.87. The molecule has 0 aromatic heterocycles. The van der Waals surface area contributed by atoms with Gasteiger partial charge in [-0.2, -0.15) is 0 Å². The van der Waals surface area contributed by atoms with Crippen LogP contribution in [0.15, 0.2) is 54.6 Å². The summed E-state index contributed by atoms with van der Waals surface area (Å²) in [7, 11) is 1.24. The molecular formula is C21H25BO3. The molecule has 0 amide bonds. The smallest absolute Gasteiger partial charge is 0.495 e. The summed E-state index contributed by atoms with van der Waals surface area (Å²) in [6, 6.07) is 18.2. The van der Waals surface area contributed by atoms with Gasteiger partial charge in [-0.25, -0.2) is 0 Å². The molecule has 1 aliphatic rings. The summed E-state index contributed by atoms with van der Waals surface area (Å²) in [6.07, 6.45) is 2.12. The maximum Gasteiger partial charge on any atom is 0.495 e. The van der Waals surface area contributed by atoms with E-state index in [-0.39, 0.29) is 11.2 Å². The molecule has 0 bridgehead atoms. The molecule has 130 valence electrons. The van der Waals surface area contributed by atoms with Crippen LogP contribution in [-0.2, 0) is 9.31 Å². The Kier molecular flexibility index (Phi) is 4.76. The van der Waals surface area contributed by atoms with Gasteiger partial charge in [-0.3, -0.25) is 0 Å². The Balaban J connectivity index is 2.06. The van der Waals surface area contributed by atoms with Crippen molar-refractivity contribution >= 4 is 18.7 Å². The summed E-state index contributed by atoms with van der Waals surface area (Å²) in [5.74, 6) is 0.813. The molecule has 25 heavy (non-hydrogen) atoms. The molecule has 0 radical (unpaired) electrons. The molecule has 0 atom stereocenters. The van der Waals surface area contributed by atoms with E-state index in [1.807, 2.05) is 36.4 Å². The van der Waals surface area contributed by atoms with Crippen LogP contribution in [0.2, 0.25) is 0 Å². The van der Waals surface area contributed by atoms with Crippen LogP contribution in [0.25, 0.3) is 11.5 Å². The van der Waals surface area contributed by atoms with Gasteiger partial charge in [0.15, 0.2) is 0 Å². The number of hydrogen-bond acceptors (Lipinski definition) is 3. The van der Waals surface area contributed by atoms with Crippen molar-refractivity contribution in [3.63, 3.8) is 0 Å². The maximum atomic E-state index is 6.30. The molecule has 0 saturated carbocycles. The van der Waals surface area contributed by atoms with Gasteiger partial charge in [-0.05, 0) is 56.4 Å². The Morgan fingerprint density at radius 1 is 0.920 bits per heavy atom. The van der Waals surface area contributed by atoms with Gasteiger partial charge >= 0.3 is 7.12 Å². The molecule has 3 rings (SSSR count). The third kappa shape index (κ3) is 3.65. The lowest BCUT2D eigenvalue weighted by atomic mass is 9.73. The van der Waals surface area contributed by atoms with Crippen LogP contribution in [-0.4, -0.2) is 25.4 Å². The monoisotopic (exact) mass is 336 g/mol. The second-order valence-electron chi connectivity index (χ2n) is 7.33. The van der Waals surface area contributed by atoms with E-state index in [0.717, 1.165) is 22.3 Å². The first-order chi connectivity index (χ1) is 11.8. The van der Waals surface area contributed by atoms with Gasteiger partial charge in [0.05, 0.1) is 18.3 Å². The highest BCUT2D eigenvalue weighted by Gasteiger charge is 2.52. The summed E-state index contributed by atoms with van der Waals surface area (Å²) in [5, 5.41) is 0. The molecule has 1 aliphatic heterocycles. The highest BCUT2D eigenvalue weighted by molar-refractivity contribution is 6.70. The Hall–Kier alpha value is -2.04. The highest BCUT2D eigenvalue weighted by Crippen LogP contribution is 2.41. The molecule has 0 spiro atoms. The van der Waals surface area contributed by atoms with Crippen LogP contribution in [0.4, 0.5) is 0 Å². The molecule has 0 aliphatic carbocycles. The average Bonchev–Trinajstić information content (AvgIpc) is 2.81. The van der Waals surface area contributed by atoms with Crippen LogP contribution >= 0.6 is 0 Å². The summed E-state index contributed by atoms with van der Waals surface area (Å²) in [4.78, 5) is 0. The van der Waals surface area contributed by atoms with Crippen molar-refractivity contribution in [1.82, 2.24) is 0 Å². The Labute approximate surface area is 150 Å². The van der Waals surface area contributed by atoms with E-state index in [1.54, 1.807) is 7.11 Å². The quantitative estimate of drug-likeness (QED) is 0.589. The summed E-state index contributed by atoms with van der Waals surface area (Å²) in [5.41, 5.74) is 2.36. The zero-order chi connectivity index (χ0) is 18.1. The van der Waals surface area contributed by atoms with Gasteiger partial charge in [-0.15, -0.1) is 0 Å². The van der Waals surface area contributed by atoms with Crippen LogP contribution in [0, 0.1) is 0 Å². The van der Waals surface area contributed by atoms with Gasteiger partial charge in [-0.1, -0.05) is 48.5 Å². The molecule has 3 nitrogen and oxygen atoms in total. The standard InChI is InChI=1S/C21H25BO3/c1-20(2)21(3,4)25-22(24-20)19(14-16-10-7-6-8-11-16)17-12-9-13-18(15-17)23-5/h6-15H,1-5H3/b19-14-. The number of benzene rings is 2. The fourth-order valence-electron chi connectivity index (χ4n) is 2.79. The number of methoxy groups -OCH3 is 1. The largest absolute Gasteiger partial charge is 0.497 e. The predicted molar refractivity (Wildman–Crippen MR) is 103 cm³/mol. The van der Waals surface area contributed by atoms with Gasteiger partial charge in [0, 0.05) is 0 Å². The van der Waals surface area contributed by atoms with E-state index in [1.165, 1.54) is 0 Å². The van der Waals surface area contributed by atoms with Gasteiger partial charge in [0.2, 0.25) is 0 Å². The van der Waals surface area contributed by atoms with Gasteiger partial charge < -0.3 is 14.0 Å². The molecule has 1 fully saturated rings.